The summed E-state index contributed by atoms with van der Waals surface area (Å²) in [5.41, 5.74) is 6.61. The molecule has 0 saturated carbocycles. The molecule has 1 unspecified atom stereocenters. The van der Waals surface area contributed by atoms with Gasteiger partial charge in [-0.25, -0.2) is 8.78 Å². The molecular weight excluding hydrogens is 322 g/mol. The van der Waals surface area contributed by atoms with Crippen molar-refractivity contribution in [1.29, 1.82) is 0 Å². The molecule has 1 saturated heterocycles. The van der Waals surface area contributed by atoms with Crippen molar-refractivity contribution < 1.29 is 13.5 Å². The van der Waals surface area contributed by atoms with Crippen molar-refractivity contribution in [2.24, 2.45) is 5.73 Å². The summed E-state index contributed by atoms with van der Waals surface area (Å²) >= 11 is 1.21. The predicted octanol–water partition coefficient (Wildman–Crippen LogP) is 2.74. The minimum atomic E-state index is -0.591. The number of hydrogen-bond donors (Lipinski definition) is 1. The quantitative estimate of drug-likeness (QED) is 0.934. The first kappa shape index (κ1) is 14.5. The Morgan fingerprint density at radius 3 is 2.65 bits per heavy atom. The Hall–Kier alpha value is -2.06. The molecule has 3 heterocycles. The summed E-state index contributed by atoms with van der Waals surface area (Å²) in [7, 11) is 0. The van der Waals surface area contributed by atoms with Crippen molar-refractivity contribution in [3.05, 3.63) is 59.0 Å². The smallest absolute Gasteiger partial charge is 0.132 e. The minimum Gasteiger partial charge on any atom is -0.392 e. The molecule has 0 bridgehead atoms. The number of nitrogens with two attached hydrogens (primary N) is 1. The fourth-order valence-corrected chi connectivity index (χ4v) is 3.68. The van der Waals surface area contributed by atoms with Crippen LogP contribution < -0.4 is 10.6 Å². The maximum absolute atomic E-state index is 14.1. The third-order valence-corrected chi connectivity index (χ3v) is 4.96. The summed E-state index contributed by atoms with van der Waals surface area (Å²) in [6, 6.07) is 4.06. The van der Waals surface area contributed by atoms with E-state index in [0.29, 0.717) is 18.2 Å². The Bertz CT molecular complexity index is 754. The number of rotatable bonds is 3. The highest BCUT2D eigenvalue weighted by molar-refractivity contribution is 8.03. The number of benzene rings is 1. The van der Waals surface area contributed by atoms with Crippen molar-refractivity contribution in [2.75, 3.05) is 18.1 Å². The average Bonchev–Trinajstić information content (AvgIpc) is 3.04. The molecule has 0 radical (unpaired) electrons. The first-order chi connectivity index (χ1) is 11.1. The lowest BCUT2D eigenvalue weighted by atomic mass is 10.1. The van der Waals surface area contributed by atoms with Crippen LogP contribution in [0.15, 0.2) is 41.8 Å². The van der Waals surface area contributed by atoms with Crippen LogP contribution in [0.1, 0.15) is 17.0 Å². The van der Waals surface area contributed by atoms with E-state index >= 15 is 0 Å². The van der Waals surface area contributed by atoms with Crippen molar-refractivity contribution in [3.63, 3.8) is 0 Å². The van der Waals surface area contributed by atoms with E-state index in [1.165, 1.54) is 30.0 Å². The van der Waals surface area contributed by atoms with E-state index in [4.69, 9.17) is 10.5 Å². The summed E-state index contributed by atoms with van der Waals surface area (Å²) in [6.07, 6.45) is 5.19. The van der Waals surface area contributed by atoms with Gasteiger partial charge in [0, 0.05) is 12.4 Å². The lowest BCUT2D eigenvalue weighted by Gasteiger charge is -2.26. The molecule has 8 heteroatoms. The van der Waals surface area contributed by atoms with Gasteiger partial charge in [0.1, 0.15) is 17.0 Å². The molecule has 2 aromatic rings. The van der Waals surface area contributed by atoms with Gasteiger partial charge in [-0.2, -0.15) is 5.10 Å². The average molecular weight is 336 g/mol. The van der Waals surface area contributed by atoms with E-state index in [9.17, 15) is 8.78 Å². The maximum atomic E-state index is 14.1. The second-order valence-electron chi connectivity index (χ2n) is 5.41. The highest BCUT2D eigenvalue weighted by atomic mass is 32.2. The van der Waals surface area contributed by atoms with E-state index < -0.39 is 17.0 Å². The summed E-state index contributed by atoms with van der Waals surface area (Å²) in [5, 5.41) is 4.22. The SMILES string of the molecule is NC1=CN(c2cnn(C3COC3)c2)C(c2c(F)cccc2F)S1. The van der Waals surface area contributed by atoms with Crippen LogP contribution >= 0.6 is 11.8 Å². The van der Waals surface area contributed by atoms with E-state index in [-0.39, 0.29) is 11.6 Å². The standard InChI is InChI=1S/C15H14F2N4OS/c16-11-2-1-3-12(17)14(11)15-20(6-13(18)23-15)9-4-19-21(5-9)10-7-22-8-10/h1-6,10,15H,7-8,18H2. The van der Waals surface area contributed by atoms with Crippen LogP contribution in [0.4, 0.5) is 14.5 Å². The van der Waals surface area contributed by atoms with Gasteiger partial charge in [0.25, 0.3) is 0 Å². The Morgan fingerprint density at radius 2 is 2.00 bits per heavy atom. The van der Waals surface area contributed by atoms with Gasteiger partial charge in [-0.3, -0.25) is 4.68 Å². The predicted molar refractivity (Wildman–Crippen MR) is 83.5 cm³/mol. The molecule has 4 rings (SSSR count). The fraction of sp³-hybridized carbons (Fsp3) is 0.267. The van der Waals surface area contributed by atoms with Gasteiger partial charge in [0.2, 0.25) is 0 Å². The molecule has 23 heavy (non-hydrogen) atoms. The zero-order valence-corrected chi connectivity index (χ0v) is 12.8. The van der Waals surface area contributed by atoms with Gasteiger partial charge >= 0.3 is 0 Å². The zero-order valence-electron chi connectivity index (χ0n) is 12.0. The minimum absolute atomic E-state index is 0.00562. The Labute approximate surface area is 135 Å². The van der Waals surface area contributed by atoms with E-state index in [2.05, 4.69) is 5.10 Å². The third kappa shape index (κ3) is 2.47. The van der Waals surface area contributed by atoms with Crippen LogP contribution in [-0.2, 0) is 4.74 Å². The van der Waals surface area contributed by atoms with Crippen molar-refractivity contribution in [3.8, 4) is 0 Å². The van der Waals surface area contributed by atoms with Gasteiger partial charge < -0.3 is 15.4 Å². The monoisotopic (exact) mass is 336 g/mol. The second kappa shape index (κ2) is 5.54. The van der Waals surface area contributed by atoms with Crippen LogP contribution in [0.5, 0.6) is 0 Å². The van der Waals surface area contributed by atoms with Gasteiger partial charge in [-0.05, 0) is 12.1 Å². The van der Waals surface area contributed by atoms with Crippen molar-refractivity contribution >= 4 is 17.4 Å². The second-order valence-corrected chi connectivity index (χ2v) is 6.57. The number of hydrogen-bond acceptors (Lipinski definition) is 5. The highest BCUT2D eigenvalue weighted by Crippen LogP contribution is 2.45. The molecule has 120 valence electrons. The normalized spacial score (nSPS) is 21.4. The summed E-state index contributed by atoms with van der Waals surface area (Å²) in [4.78, 5) is 1.74. The lowest BCUT2D eigenvalue weighted by Crippen LogP contribution is -2.30. The molecule has 0 spiro atoms. The number of anilines is 1. The number of aromatic nitrogens is 2. The summed E-state index contributed by atoms with van der Waals surface area (Å²) < 4.78 is 35.2. The van der Waals surface area contributed by atoms with Crippen LogP contribution in [0.25, 0.3) is 0 Å². The van der Waals surface area contributed by atoms with Crippen molar-refractivity contribution in [2.45, 2.75) is 11.4 Å². The lowest BCUT2D eigenvalue weighted by molar-refractivity contribution is -0.0286. The molecule has 5 nitrogen and oxygen atoms in total. The molecule has 2 N–H and O–H groups in total. The van der Waals surface area contributed by atoms with Gasteiger partial charge in [-0.15, -0.1) is 0 Å². The number of ether oxygens (including phenoxy) is 1. The molecule has 2 aliphatic heterocycles. The molecule has 2 aliphatic rings. The Morgan fingerprint density at radius 1 is 1.26 bits per heavy atom. The van der Waals surface area contributed by atoms with Crippen molar-refractivity contribution in [1.82, 2.24) is 9.78 Å². The fourth-order valence-electron chi connectivity index (χ4n) is 2.61. The maximum Gasteiger partial charge on any atom is 0.132 e. The molecule has 1 fully saturated rings. The summed E-state index contributed by atoms with van der Waals surface area (Å²) in [6.45, 7) is 1.25. The third-order valence-electron chi connectivity index (χ3n) is 3.89. The van der Waals surface area contributed by atoms with Gasteiger partial charge in [-0.1, -0.05) is 17.8 Å². The largest absolute Gasteiger partial charge is 0.392 e. The topological polar surface area (TPSA) is 56.3 Å². The molecule has 0 amide bonds. The first-order valence-corrected chi connectivity index (χ1v) is 7.99. The Kier molecular flexibility index (Phi) is 3.50. The number of halogens is 2. The van der Waals surface area contributed by atoms with E-state index in [1.54, 1.807) is 22.0 Å². The van der Waals surface area contributed by atoms with Crippen LogP contribution in [0.3, 0.4) is 0 Å². The molecular formula is C15H14F2N4OS. The zero-order chi connectivity index (χ0) is 16.0. The first-order valence-electron chi connectivity index (χ1n) is 7.11. The van der Waals surface area contributed by atoms with Crippen LogP contribution in [-0.4, -0.2) is 23.0 Å². The molecule has 1 aromatic carbocycles. The number of nitrogens with zero attached hydrogens (tertiary/aromatic N) is 3. The number of thioether (sulfide) groups is 1. The molecule has 1 aromatic heterocycles. The van der Waals surface area contributed by atoms with E-state index in [1.807, 2.05) is 6.20 Å². The Balaban J connectivity index is 1.69. The highest BCUT2D eigenvalue weighted by Gasteiger charge is 2.33. The van der Waals surface area contributed by atoms with Gasteiger partial charge in [0.05, 0.1) is 41.7 Å². The van der Waals surface area contributed by atoms with Crippen LogP contribution in [0.2, 0.25) is 0 Å². The molecule has 1 atom stereocenters. The summed E-state index contributed by atoms with van der Waals surface area (Å²) in [5.74, 6) is -1.18. The van der Waals surface area contributed by atoms with Crippen LogP contribution in [0, 0.1) is 11.6 Å². The van der Waals surface area contributed by atoms with E-state index in [0.717, 1.165) is 5.69 Å². The van der Waals surface area contributed by atoms with Gasteiger partial charge in [0.15, 0.2) is 0 Å². The molecule has 0 aliphatic carbocycles.